The van der Waals surface area contributed by atoms with Crippen LogP contribution in [0.25, 0.3) is 0 Å². The van der Waals surface area contributed by atoms with Crippen molar-refractivity contribution in [3.05, 3.63) is 35.4 Å². The second-order valence-corrected chi connectivity index (χ2v) is 9.05. The van der Waals surface area contributed by atoms with Crippen LogP contribution in [0.2, 0.25) is 0 Å². The van der Waals surface area contributed by atoms with Gasteiger partial charge in [-0.1, -0.05) is 18.6 Å². The summed E-state index contributed by atoms with van der Waals surface area (Å²) < 4.78 is 5.56. The number of carbonyl (C=O) groups excluding carboxylic acids is 1. The van der Waals surface area contributed by atoms with Gasteiger partial charge in [-0.3, -0.25) is 4.79 Å². The molecule has 30 heavy (non-hydrogen) atoms. The summed E-state index contributed by atoms with van der Waals surface area (Å²) in [6, 6.07) is 5.86. The van der Waals surface area contributed by atoms with Crippen molar-refractivity contribution in [1.82, 2.24) is 5.32 Å². The molecule has 9 nitrogen and oxygen atoms in total. The lowest BCUT2D eigenvalue weighted by Gasteiger charge is -2.41. The van der Waals surface area contributed by atoms with Gasteiger partial charge in [0.05, 0.1) is 17.7 Å². The number of amides is 1. The predicted molar refractivity (Wildman–Crippen MR) is 108 cm³/mol. The number of carboxylic acids is 1. The van der Waals surface area contributed by atoms with Crippen molar-refractivity contribution in [2.24, 2.45) is 0 Å². The molecule has 6 N–H and O–H groups in total. The topological polar surface area (TPSA) is 157 Å². The van der Waals surface area contributed by atoms with E-state index in [0.29, 0.717) is 6.42 Å². The van der Waals surface area contributed by atoms with Gasteiger partial charge in [-0.15, -0.1) is 11.8 Å². The Morgan fingerprint density at radius 2 is 1.77 bits per heavy atom. The van der Waals surface area contributed by atoms with Crippen LogP contribution in [0.5, 0.6) is 0 Å². The van der Waals surface area contributed by atoms with Gasteiger partial charge in [0.15, 0.2) is 0 Å². The molecule has 7 atom stereocenters. The van der Waals surface area contributed by atoms with Crippen LogP contribution in [-0.2, 0) is 4.74 Å². The Bertz CT molecular complexity index is 760. The maximum absolute atomic E-state index is 12.6. The fourth-order valence-electron chi connectivity index (χ4n) is 3.90. The zero-order chi connectivity index (χ0) is 21.8. The lowest BCUT2D eigenvalue weighted by Crippen LogP contribution is -2.58. The summed E-state index contributed by atoms with van der Waals surface area (Å²) >= 11 is 1.31. The first-order chi connectivity index (χ1) is 14.3. The van der Waals surface area contributed by atoms with Gasteiger partial charge in [0.2, 0.25) is 0 Å². The number of benzene rings is 1. The van der Waals surface area contributed by atoms with Gasteiger partial charge in [0, 0.05) is 11.3 Å². The Morgan fingerprint density at radius 3 is 2.43 bits per heavy atom. The van der Waals surface area contributed by atoms with E-state index in [0.717, 1.165) is 19.3 Å². The minimum absolute atomic E-state index is 0.0141. The molecule has 1 aliphatic heterocycles. The summed E-state index contributed by atoms with van der Waals surface area (Å²) in [7, 11) is 0. The molecule has 2 fully saturated rings. The van der Waals surface area contributed by atoms with Gasteiger partial charge in [-0.05, 0) is 31.4 Å². The molecule has 1 saturated carbocycles. The highest BCUT2D eigenvalue weighted by Crippen LogP contribution is 2.37. The fourth-order valence-corrected chi connectivity index (χ4v) is 5.45. The minimum Gasteiger partial charge on any atom is -0.478 e. The molecule has 0 spiro atoms. The van der Waals surface area contributed by atoms with Crippen LogP contribution < -0.4 is 5.32 Å². The smallest absolute Gasteiger partial charge is 0.336 e. The second kappa shape index (κ2) is 10.1. The third kappa shape index (κ3) is 5.13. The Hall–Kier alpha value is -1.69. The first-order valence-corrected chi connectivity index (χ1v) is 10.8. The number of aliphatic hydroxyl groups excluding tert-OH is 4. The molecule has 2 unspecified atom stereocenters. The van der Waals surface area contributed by atoms with Crippen LogP contribution in [0.1, 0.15) is 46.4 Å². The van der Waals surface area contributed by atoms with Gasteiger partial charge >= 0.3 is 5.97 Å². The van der Waals surface area contributed by atoms with Gasteiger partial charge in [-0.2, -0.15) is 0 Å². The lowest BCUT2D eigenvalue weighted by molar-refractivity contribution is -0.205. The summed E-state index contributed by atoms with van der Waals surface area (Å²) in [6.07, 6.45) is -2.10. The fraction of sp³-hybridized carbons (Fsp3) is 0.600. The van der Waals surface area contributed by atoms with Gasteiger partial charge < -0.3 is 35.6 Å². The van der Waals surface area contributed by atoms with Crippen LogP contribution in [0.15, 0.2) is 24.3 Å². The van der Waals surface area contributed by atoms with E-state index < -0.39 is 48.3 Å². The minimum atomic E-state index is -1.42. The van der Waals surface area contributed by atoms with E-state index in [2.05, 4.69) is 5.32 Å². The molecule has 1 amide bonds. The SMILES string of the molecule is O=C(O)c1ccccc1C(=O)NC1CCCC(S[C@@H]2O[C@H](CO)[C@H](O)[C@H](O)[C@H]2O)C1. The number of carbonyl (C=O) groups is 2. The van der Waals surface area contributed by atoms with Crippen LogP contribution in [0.4, 0.5) is 0 Å². The third-order valence-corrected chi connectivity index (χ3v) is 7.01. The second-order valence-electron chi connectivity index (χ2n) is 7.64. The van der Waals surface area contributed by atoms with Crippen molar-refractivity contribution < 1.29 is 39.9 Å². The predicted octanol–water partition coefficient (Wildman–Crippen LogP) is -0.0411. The van der Waals surface area contributed by atoms with Gasteiger partial charge in [0.1, 0.15) is 29.9 Å². The molecule has 1 aliphatic carbocycles. The Balaban J connectivity index is 1.61. The highest BCUT2D eigenvalue weighted by atomic mass is 32.2. The molecule has 1 aromatic carbocycles. The summed E-state index contributed by atoms with van der Waals surface area (Å²) in [5.41, 5.74) is -0.764. The Morgan fingerprint density at radius 1 is 1.07 bits per heavy atom. The first-order valence-electron chi connectivity index (χ1n) is 9.91. The van der Waals surface area contributed by atoms with Crippen LogP contribution in [-0.4, -0.2) is 85.2 Å². The molecule has 166 valence electrons. The van der Waals surface area contributed by atoms with Crippen molar-refractivity contribution in [2.45, 2.75) is 66.8 Å². The molecule has 0 bridgehead atoms. The van der Waals surface area contributed by atoms with Crippen molar-refractivity contribution >= 4 is 23.6 Å². The lowest BCUT2D eigenvalue weighted by atomic mass is 9.94. The summed E-state index contributed by atoms with van der Waals surface area (Å²) in [4.78, 5) is 24.0. The van der Waals surface area contributed by atoms with Crippen molar-refractivity contribution in [1.29, 1.82) is 0 Å². The molecule has 0 aromatic heterocycles. The van der Waals surface area contributed by atoms with Crippen molar-refractivity contribution in [3.8, 4) is 0 Å². The number of rotatable bonds is 6. The number of aliphatic hydroxyl groups is 4. The summed E-state index contributed by atoms with van der Waals surface area (Å²) in [5.74, 6) is -1.61. The molecule has 1 saturated heterocycles. The molecule has 1 aromatic rings. The van der Waals surface area contributed by atoms with E-state index in [9.17, 15) is 35.1 Å². The number of ether oxygens (including phenoxy) is 1. The number of hydrogen-bond acceptors (Lipinski definition) is 8. The monoisotopic (exact) mass is 441 g/mol. The van der Waals surface area contributed by atoms with Crippen molar-refractivity contribution in [2.75, 3.05) is 6.61 Å². The zero-order valence-corrected chi connectivity index (χ0v) is 17.1. The number of carboxylic acid groups (broad SMARTS) is 1. The number of nitrogens with one attached hydrogen (secondary N) is 1. The molecular formula is C20H27NO8S. The average molecular weight is 442 g/mol. The quantitative estimate of drug-likeness (QED) is 0.356. The normalized spacial score (nSPS) is 34.3. The maximum Gasteiger partial charge on any atom is 0.336 e. The summed E-state index contributed by atoms with van der Waals surface area (Å²) in [6.45, 7) is -0.478. The molecule has 2 aliphatic rings. The largest absolute Gasteiger partial charge is 0.478 e. The highest BCUT2D eigenvalue weighted by Gasteiger charge is 2.44. The average Bonchev–Trinajstić information content (AvgIpc) is 2.74. The standard InChI is InChI=1S/C20H27NO8S/c22-9-14-15(23)16(24)17(25)20(29-14)30-11-5-3-4-10(8-11)21-18(26)12-6-1-2-7-13(12)19(27)28/h1-2,6-7,10-11,14-17,20,22-25H,3-5,8-9H2,(H,21,26)(H,27,28)/t10?,11?,14-,15+,16+,17-,20+/m1/s1. The molecule has 10 heteroatoms. The third-order valence-electron chi connectivity index (χ3n) is 5.54. The maximum atomic E-state index is 12.6. The van der Waals surface area contributed by atoms with E-state index in [-0.39, 0.29) is 22.4 Å². The van der Waals surface area contributed by atoms with Crippen LogP contribution >= 0.6 is 11.8 Å². The Kier molecular flexibility index (Phi) is 7.72. The number of aromatic carboxylic acids is 1. The molecule has 3 rings (SSSR count). The van der Waals surface area contributed by atoms with Gasteiger partial charge in [0.25, 0.3) is 5.91 Å². The molecule has 0 radical (unpaired) electrons. The van der Waals surface area contributed by atoms with Crippen LogP contribution in [0.3, 0.4) is 0 Å². The summed E-state index contributed by atoms with van der Waals surface area (Å²) in [5, 5.41) is 51.6. The molecule has 1 heterocycles. The van der Waals surface area contributed by atoms with Crippen LogP contribution in [0, 0.1) is 0 Å². The first kappa shape index (κ1) is 23.0. The van der Waals surface area contributed by atoms with E-state index in [4.69, 9.17) is 4.74 Å². The zero-order valence-electron chi connectivity index (χ0n) is 16.3. The van der Waals surface area contributed by atoms with E-state index >= 15 is 0 Å². The van der Waals surface area contributed by atoms with E-state index in [1.165, 1.54) is 23.9 Å². The molecular weight excluding hydrogens is 414 g/mol. The van der Waals surface area contributed by atoms with Gasteiger partial charge in [-0.25, -0.2) is 4.79 Å². The van der Waals surface area contributed by atoms with Crippen molar-refractivity contribution in [3.63, 3.8) is 0 Å². The van der Waals surface area contributed by atoms with E-state index in [1.807, 2.05) is 0 Å². The number of thioether (sulfide) groups is 1. The van der Waals surface area contributed by atoms with E-state index in [1.54, 1.807) is 12.1 Å². The Labute approximate surface area is 178 Å². The number of hydrogen-bond donors (Lipinski definition) is 6. The highest BCUT2D eigenvalue weighted by molar-refractivity contribution is 8.00.